The van der Waals surface area contributed by atoms with Crippen LogP contribution < -0.4 is 4.72 Å². The number of aliphatic carboxylic acids is 1. The number of allylic oxidation sites excluding steroid dienone is 3. The van der Waals surface area contributed by atoms with Gasteiger partial charge in [0, 0.05) is 0 Å². The second-order valence-electron chi connectivity index (χ2n) is 3.31. The minimum atomic E-state index is -3.60. The maximum atomic E-state index is 11.6. The molecule has 1 aliphatic carbocycles. The van der Waals surface area contributed by atoms with E-state index in [1.165, 1.54) is 13.0 Å². The highest BCUT2D eigenvalue weighted by Gasteiger charge is 2.26. The van der Waals surface area contributed by atoms with Gasteiger partial charge >= 0.3 is 5.97 Å². The van der Waals surface area contributed by atoms with Crippen molar-refractivity contribution in [3.63, 3.8) is 0 Å². The Morgan fingerprint density at radius 1 is 1.53 bits per heavy atom. The van der Waals surface area contributed by atoms with Gasteiger partial charge in [-0.25, -0.2) is 13.1 Å². The summed E-state index contributed by atoms with van der Waals surface area (Å²) in [6.45, 7) is 1.29. The lowest BCUT2D eigenvalue weighted by Crippen LogP contribution is -2.42. The summed E-state index contributed by atoms with van der Waals surface area (Å²) in [4.78, 5) is 10.5. The first-order chi connectivity index (χ1) is 6.93. The van der Waals surface area contributed by atoms with Gasteiger partial charge in [0.2, 0.25) is 10.0 Å². The van der Waals surface area contributed by atoms with Crippen LogP contribution in [0.15, 0.2) is 24.3 Å². The predicted octanol–water partition coefficient (Wildman–Crippen LogP) is 0.264. The molecule has 2 N–H and O–H groups in total. The minimum absolute atomic E-state index is 0.373. The molecule has 0 bridgehead atoms. The smallest absolute Gasteiger partial charge is 0.321 e. The molecule has 2 atom stereocenters. The average molecular weight is 231 g/mol. The van der Waals surface area contributed by atoms with Crippen molar-refractivity contribution >= 4 is 16.0 Å². The largest absolute Gasteiger partial charge is 0.480 e. The third-order valence-electron chi connectivity index (χ3n) is 2.05. The Hall–Kier alpha value is -1.14. The molecule has 0 aromatic carbocycles. The fourth-order valence-electron chi connectivity index (χ4n) is 1.17. The summed E-state index contributed by atoms with van der Waals surface area (Å²) in [5, 5.41) is 7.91. The topological polar surface area (TPSA) is 83.5 Å². The Kier molecular flexibility index (Phi) is 3.65. The van der Waals surface area contributed by atoms with Crippen molar-refractivity contribution in [3.8, 4) is 0 Å². The van der Waals surface area contributed by atoms with Crippen LogP contribution in [0.1, 0.15) is 13.3 Å². The fourth-order valence-corrected chi connectivity index (χ4v) is 2.60. The molecule has 84 valence electrons. The molecule has 1 unspecified atom stereocenters. The summed E-state index contributed by atoms with van der Waals surface area (Å²) in [6, 6.07) is -1.10. The molecule has 0 aromatic rings. The highest BCUT2D eigenvalue weighted by atomic mass is 32.2. The van der Waals surface area contributed by atoms with Crippen LogP contribution in [0.3, 0.4) is 0 Å². The lowest BCUT2D eigenvalue weighted by molar-refractivity contribution is -0.138. The Bertz CT molecular complexity index is 396. The number of sulfonamides is 1. The van der Waals surface area contributed by atoms with Gasteiger partial charge in [-0.15, -0.1) is 0 Å². The van der Waals surface area contributed by atoms with E-state index < -0.39 is 27.3 Å². The highest BCUT2D eigenvalue weighted by Crippen LogP contribution is 2.12. The molecule has 0 aliphatic heterocycles. The van der Waals surface area contributed by atoms with E-state index in [9.17, 15) is 13.2 Å². The molecule has 0 aromatic heterocycles. The molecular formula is C9H13NO4S. The third-order valence-corrected chi connectivity index (χ3v) is 3.88. The van der Waals surface area contributed by atoms with Crippen LogP contribution in [0.2, 0.25) is 0 Å². The van der Waals surface area contributed by atoms with Crippen LogP contribution in [0.5, 0.6) is 0 Å². The van der Waals surface area contributed by atoms with Crippen molar-refractivity contribution in [1.29, 1.82) is 0 Å². The standard InChI is InChI=1S/C9H13NO4S/c1-7(9(11)12)10-15(13,14)8-5-3-2-4-6-8/h2-5,7-8,10H,6H2,1H3,(H,11,12)/t7?,8-/m1/s1. The monoisotopic (exact) mass is 231 g/mol. The van der Waals surface area contributed by atoms with E-state index in [1.54, 1.807) is 18.2 Å². The van der Waals surface area contributed by atoms with Gasteiger partial charge in [0.15, 0.2) is 0 Å². The molecule has 15 heavy (non-hydrogen) atoms. The second-order valence-corrected chi connectivity index (χ2v) is 5.24. The van der Waals surface area contributed by atoms with Crippen LogP contribution in [0.25, 0.3) is 0 Å². The van der Waals surface area contributed by atoms with E-state index in [0.717, 1.165) is 0 Å². The summed E-state index contributed by atoms with van der Waals surface area (Å²) < 4.78 is 25.4. The molecule has 6 heteroatoms. The first-order valence-electron chi connectivity index (χ1n) is 4.51. The van der Waals surface area contributed by atoms with E-state index in [4.69, 9.17) is 5.11 Å². The van der Waals surface area contributed by atoms with Crippen molar-refractivity contribution in [1.82, 2.24) is 4.72 Å². The predicted molar refractivity (Wildman–Crippen MR) is 55.8 cm³/mol. The van der Waals surface area contributed by atoms with E-state index in [2.05, 4.69) is 4.72 Å². The number of carboxylic acids is 1. The van der Waals surface area contributed by atoms with Crippen molar-refractivity contribution < 1.29 is 18.3 Å². The van der Waals surface area contributed by atoms with Crippen molar-refractivity contribution in [2.75, 3.05) is 0 Å². The van der Waals surface area contributed by atoms with Gasteiger partial charge in [-0.3, -0.25) is 4.79 Å². The zero-order chi connectivity index (χ0) is 11.5. The molecule has 0 radical (unpaired) electrons. The number of hydrogen-bond acceptors (Lipinski definition) is 3. The summed E-state index contributed by atoms with van der Waals surface area (Å²) in [5.41, 5.74) is 0. The lowest BCUT2D eigenvalue weighted by Gasteiger charge is -2.16. The first-order valence-corrected chi connectivity index (χ1v) is 6.05. The van der Waals surface area contributed by atoms with Crippen LogP contribution in [0.4, 0.5) is 0 Å². The van der Waals surface area contributed by atoms with Crippen LogP contribution >= 0.6 is 0 Å². The summed E-state index contributed by atoms with van der Waals surface area (Å²) >= 11 is 0. The Morgan fingerprint density at radius 2 is 2.20 bits per heavy atom. The molecular weight excluding hydrogens is 218 g/mol. The molecule has 0 heterocycles. The molecule has 5 nitrogen and oxygen atoms in total. The fraction of sp³-hybridized carbons (Fsp3) is 0.444. The number of carboxylic acid groups (broad SMARTS) is 1. The SMILES string of the molecule is CC(NS(=O)(=O)[C@@H]1C=CC=CC1)C(=O)O. The first kappa shape index (κ1) is 11.9. The molecule has 0 amide bonds. The van der Waals surface area contributed by atoms with Gasteiger partial charge in [-0.1, -0.05) is 24.3 Å². The van der Waals surface area contributed by atoms with Gasteiger partial charge in [-0.2, -0.15) is 0 Å². The maximum Gasteiger partial charge on any atom is 0.321 e. The van der Waals surface area contributed by atoms with Crippen LogP contribution in [-0.4, -0.2) is 30.8 Å². The Labute approximate surface area is 88.5 Å². The van der Waals surface area contributed by atoms with Crippen molar-refractivity contribution in [2.24, 2.45) is 0 Å². The number of rotatable bonds is 4. The molecule has 0 fully saturated rings. The van der Waals surface area contributed by atoms with Crippen molar-refractivity contribution in [3.05, 3.63) is 24.3 Å². The molecule has 0 saturated carbocycles. The van der Waals surface area contributed by atoms with Crippen LogP contribution in [0, 0.1) is 0 Å². The van der Waals surface area contributed by atoms with Crippen LogP contribution in [-0.2, 0) is 14.8 Å². The molecule has 0 spiro atoms. The van der Waals surface area contributed by atoms with E-state index in [0.29, 0.717) is 6.42 Å². The third kappa shape index (κ3) is 3.17. The molecule has 1 rings (SSSR count). The highest BCUT2D eigenvalue weighted by molar-refractivity contribution is 7.90. The lowest BCUT2D eigenvalue weighted by atomic mass is 10.2. The quantitative estimate of drug-likeness (QED) is 0.727. The van der Waals surface area contributed by atoms with Gasteiger partial charge < -0.3 is 5.11 Å². The van der Waals surface area contributed by atoms with Crippen molar-refractivity contribution in [2.45, 2.75) is 24.6 Å². The number of carbonyl (C=O) groups is 1. The second kappa shape index (κ2) is 4.59. The number of hydrogen-bond donors (Lipinski definition) is 2. The maximum absolute atomic E-state index is 11.6. The van der Waals surface area contributed by atoms with E-state index >= 15 is 0 Å². The van der Waals surface area contributed by atoms with Gasteiger partial charge in [-0.05, 0) is 13.3 Å². The Balaban J connectivity index is 2.71. The van der Waals surface area contributed by atoms with Gasteiger partial charge in [0.1, 0.15) is 6.04 Å². The summed E-state index contributed by atoms with van der Waals surface area (Å²) in [6.07, 6.45) is 7.04. The number of nitrogens with one attached hydrogen (secondary N) is 1. The van der Waals surface area contributed by atoms with E-state index in [-0.39, 0.29) is 0 Å². The zero-order valence-electron chi connectivity index (χ0n) is 8.25. The zero-order valence-corrected chi connectivity index (χ0v) is 9.07. The molecule has 0 saturated heterocycles. The summed E-state index contributed by atoms with van der Waals surface area (Å²) in [5.74, 6) is -1.19. The average Bonchev–Trinajstić information content (AvgIpc) is 2.18. The van der Waals surface area contributed by atoms with Gasteiger partial charge in [0.05, 0.1) is 5.25 Å². The van der Waals surface area contributed by atoms with Gasteiger partial charge in [0.25, 0.3) is 0 Å². The molecule has 1 aliphatic rings. The Morgan fingerprint density at radius 3 is 2.67 bits per heavy atom. The normalized spacial score (nSPS) is 22.6. The van der Waals surface area contributed by atoms with E-state index in [1.807, 2.05) is 0 Å². The summed E-state index contributed by atoms with van der Waals surface area (Å²) in [7, 11) is -3.60. The minimum Gasteiger partial charge on any atom is -0.480 e.